The summed E-state index contributed by atoms with van der Waals surface area (Å²) >= 11 is 3.55. The molecule has 0 spiro atoms. The third kappa shape index (κ3) is 2.65. The van der Waals surface area contributed by atoms with Gasteiger partial charge >= 0.3 is 0 Å². The summed E-state index contributed by atoms with van der Waals surface area (Å²) in [4.78, 5) is 0. The molecule has 88 valence electrons. The quantitative estimate of drug-likeness (QED) is 0.871. The molecule has 1 saturated carbocycles. The first kappa shape index (κ1) is 12.1. The van der Waals surface area contributed by atoms with Crippen LogP contribution in [-0.4, -0.2) is 17.3 Å². The second kappa shape index (κ2) is 5.30. The van der Waals surface area contributed by atoms with Gasteiger partial charge in [0.05, 0.1) is 0 Å². The lowest BCUT2D eigenvalue weighted by Crippen LogP contribution is -2.51. The molecule has 2 nitrogen and oxygen atoms in total. The highest BCUT2D eigenvalue weighted by molar-refractivity contribution is 9.10. The molecule has 0 radical (unpaired) electrons. The van der Waals surface area contributed by atoms with Crippen LogP contribution < -0.4 is 5.32 Å². The number of aliphatic hydroxyl groups excluding tert-OH is 1. The molecule has 0 amide bonds. The fraction of sp³-hybridized carbons (Fsp3) is 0.538. The van der Waals surface area contributed by atoms with Crippen LogP contribution >= 0.6 is 15.9 Å². The molecule has 2 rings (SSSR count). The number of hydrogen-bond donors (Lipinski definition) is 2. The van der Waals surface area contributed by atoms with Crippen LogP contribution in [0.5, 0.6) is 0 Å². The van der Waals surface area contributed by atoms with Crippen molar-refractivity contribution in [1.82, 2.24) is 5.32 Å². The molecular formula is C13H18BrNO. The van der Waals surface area contributed by atoms with E-state index in [0.29, 0.717) is 0 Å². The summed E-state index contributed by atoms with van der Waals surface area (Å²) in [5.41, 5.74) is 1.48. The van der Waals surface area contributed by atoms with E-state index < -0.39 is 0 Å². The van der Waals surface area contributed by atoms with E-state index in [-0.39, 0.29) is 12.1 Å². The molecule has 0 unspecified atom stereocenters. The molecule has 2 N–H and O–H groups in total. The highest BCUT2D eigenvalue weighted by Gasteiger charge is 2.35. The fourth-order valence-corrected chi connectivity index (χ4v) is 2.68. The molecular weight excluding hydrogens is 266 g/mol. The van der Waals surface area contributed by atoms with Crippen LogP contribution in [-0.2, 0) is 6.54 Å². The van der Waals surface area contributed by atoms with Crippen molar-refractivity contribution >= 4 is 15.9 Å². The zero-order valence-electron chi connectivity index (χ0n) is 9.38. The van der Waals surface area contributed by atoms with Crippen LogP contribution in [0.25, 0.3) is 0 Å². The first-order valence-electron chi connectivity index (χ1n) is 5.85. The summed E-state index contributed by atoms with van der Waals surface area (Å²) in [6, 6.07) is 8.28. The van der Waals surface area contributed by atoms with E-state index in [1.807, 2.05) is 6.07 Å². The van der Waals surface area contributed by atoms with Crippen molar-refractivity contribution in [2.75, 3.05) is 6.61 Å². The Bertz CT molecular complexity index is 350. The van der Waals surface area contributed by atoms with E-state index in [2.05, 4.69) is 39.4 Å². The zero-order valence-corrected chi connectivity index (χ0v) is 11.0. The van der Waals surface area contributed by atoms with Crippen LogP contribution in [0, 0.1) is 0 Å². The van der Waals surface area contributed by atoms with Gasteiger partial charge in [-0.05, 0) is 37.3 Å². The average Bonchev–Trinajstić information content (AvgIpc) is 2.24. The molecule has 0 aliphatic heterocycles. The Morgan fingerprint density at radius 3 is 2.62 bits per heavy atom. The smallest absolute Gasteiger partial charge is 0.0448 e. The van der Waals surface area contributed by atoms with Crippen LogP contribution in [0.4, 0.5) is 0 Å². The van der Waals surface area contributed by atoms with E-state index in [9.17, 15) is 0 Å². The molecule has 0 bridgehead atoms. The molecule has 0 atom stereocenters. The minimum Gasteiger partial charge on any atom is -0.396 e. The Morgan fingerprint density at radius 2 is 2.06 bits per heavy atom. The Balaban J connectivity index is 1.93. The molecule has 1 aromatic carbocycles. The number of hydrogen-bond acceptors (Lipinski definition) is 2. The van der Waals surface area contributed by atoms with E-state index in [1.165, 1.54) is 24.8 Å². The summed E-state index contributed by atoms with van der Waals surface area (Å²) in [5, 5.41) is 12.7. The lowest BCUT2D eigenvalue weighted by molar-refractivity contribution is 0.130. The van der Waals surface area contributed by atoms with Gasteiger partial charge in [0.2, 0.25) is 0 Å². The fourth-order valence-electron chi connectivity index (χ4n) is 2.26. The van der Waals surface area contributed by atoms with Crippen LogP contribution in [0.2, 0.25) is 0 Å². The SMILES string of the molecule is OCCC1(NCc2ccccc2Br)CCC1. The van der Waals surface area contributed by atoms with Crippen LogP contribution in [0.15, 0.2) is 28.7 Å². The van der Waals surface area contributed by atoms with Crippen molar-refractivity contribution in [2.24, 2.45) is 0 Å². The minimum atomic E-state index is 0.198. The predicted molar refractivity (Wildman–Crippen MR) is 69.3 cm³/mol. The maximum atomic E-state index is 9.07. The first-order chi connectivity index (χ1) is 7.76. The van der Waals surface area contributed by atoms with Gasteiger partial charge in [-0.3, -0.25) is 0 Å². The van der Waals surface area contributed by atoms with Gasteiger partial charge in [0, 0.05) is 23.2 Å². The molecule has 1 aliphatic rings. The van der Waals surface area contributed by atoms with Gasteiger partial charge in [0.15, 0.2) is 0 Å². The number of benzene rings is 1. The highest BCUT2D eigenvalue weighted by Crippen LogP contribution is 2.35. The average molecular weight is 284 g/mol. The third-order valence-electron chi connectivity index (χ3n) is 3.51. The number of rotatable bonds is 5. The van der Waals surface area contributed by atoms with Crippen LogP contribution in [0.1, 0.15) is 31.2 Å². The third-order valence-corrected chi connectivity index (χ3v) is 4.29. The van der Waals surface area contributed by atoms with Gasteiger partial charge in [-0.15, -0.1) is 0 Å². The normalized spacial score (nSPS) is 18.1. The summed E-state index contributed by atoms with van der Waals surface area (Å²) in [5.74, 6) is 0. The highest BCUT2D eigenvalue weighted by atomic mass is 79.9. The van der Waals surface area contributed by atoms with E-state index in [0.717, 1.165) is 17.4 Å². The summed E-state index contributed by atoms with van der Waals surface area (Å²) < 4.78 is 1.15. The Kier molecular flexibility index (Phi) is 4.00. The Morgan fingerprint density at radius 1 is 1.31 bits per heavy atom. The number of nitrogens with one attached hydrogen (secondary N) is 1. The maximum absolute atomic E-state index is 9.07. The van der Waals surface area contributed by atoms with Gasteiger partial charge in [-0.2, -0.15) is 0 Å². The lowest BCUT2D eigenvalue weighted by Gasteiger charge is -2.42. The van der Waals surface area contributed by atoms with Crippen molar-refractivity contribution in [1.29, 1.82) is 0 Å². The second-order valence-corrected chi connectivity index (χ2v) is 5.41. The summed E-state index contributed by atoms with van der Waals surface area (Å²) in [7, 11) is 0. The van der Waals surface area contributed by atoms with Crippen LogP contribution in [0.3, 0.4) is 0 Å². The standard InChI is InChI=1S/C13H18BrNO/c14-12-5-2-1-4-11(12)10-15-13(8-9-16)6-3-7-13/h1-2,4-5,15-16H,3,6-10H2. The van der Waals surface area contributed by atoms with E-state index in [1.54, 1.807) is 0 Å². The lowest BCUT2D eigenvalue weighted by atomic mass is 9.74. The Hall–Kier alpha value is -0.380. The summed E-state index contributed by atoms with van der Waals surface area (Å²) in [6.45, 7) is 1.16. The molecule has 1 aromatic rings. The van der Waals surface area contributed by atoms with Crippen molar-refractivity contribution in [2.45, 2.75) is 37.8 Å². The van der Waals surface area contributed by atoms with Gasteiger partial charge in [0.25, 0.3) is 0 Å². The van der Waals surface area contributed by atoms with E-state index in [4.69, 9.17) is 5.11 Å². The predicted octanol–water partition coefficient (Wildman–Crippen LogP) is 2.84. The van der Waals surface area contributed by atoms with E-state index >= 15 is 0 Å². The van der Waals surface area contributed by atoms with Crippen molar-refractivity contribution < 1.29 is 5.11 Å². The van der Waals surface area contributed by atoms with Crippen molar-refractivity contribution in [3.8, 4) is 0 Å². The maximum Gasteiger partial charge on any atom is 0.0448 e. The van der Waals surface area contributed by atoms with Gasteiger partial charge in [-0.1, -0.05) is 34.1 Å². The summed E-state index contributed by atoms with van der Waals surface area (Å²) in [6.07, 6.45) is 4.54. The molecule has 3 heteroatoms. The second-order valence-electron chi connectivity index (χ2n) is 4.55. The van der Waals surface area contributed by atoms with Gasteiger partial charge in [0.1, 0.15) is 0 Å². The molecule has 0 saturated heterocycles. The largest absolute Gasteiger partial charge is 0.396 e. The van der Waals surface area contributed by atoms with Gasteiger partial charge < -0.3 is 10.4 Å². The van der Waals surface area contributed by atoms with Crippen molar-refractivity contribution in [3.63, 3.8) is 0 Å². The topological polar surface area (TPSA) is 32.3 Å². The monoisotopic (exact) mass is 283 g/mol. The minimum absolute atomic E-state index is 0.198. The molecule has 1 aliphatic carbocycles. The molecule has 0 heterocycles. The zero-order chi connectivity index (χ0) is 11.4. The van der Waals surface area contributed by atoms with Gasteiger partial charge in [-0.25, -0.2) is 0 Å². The first-order valence-corrected chi connectivity index (χ1v) is 6.64. The van der Waals surface area contributed by atoms with Crippen molar-refractivity contribution in [3.05, 3.63) is 34.3 Å². The number of halogens is 1. The number of aliphatic hydroxyl groups is 1. The molecule has 1 fully saturated rings. The molecule has 0 aromatic heterocycles. The Labute approximate surface area is 105 Å². The molecule has 16 heavy (non-hydrogen) atoms.